The van der Waals surface area contributed by atoms with Gasteiger partial charge < -0.3 is 15.0 Å². The lowest BCUT2D eigenvalue weighted by Crippen LogP contribution is -2.47. The lowest BCUT2D eigenvalue weighted by molar-refractivity contribution is -0.140. The number of benzene rings is 1. The fraction of sp³-hybridized carbons (Fsp3) is 0.562. The summed E-state index contributed by atoms with van der Waals surface area (Å²) in [5, 5.41) is 3.24. The zero-order valence-corrected chi connectivity index (χ0v) is 14.2. The van der Waals surface area contributed by atoms with E-state index in [1.54, 1.807) is 6.92 Å². The minimum Gasteiger partial charge on any atom is -0.481 e. The Morgan fingerprint density at radius 3 is 2.74 bits per heavy atom. The maximum Gasteiger partial charge on any atom is 0.263 e. The Bertz CT molecular complexity index is 525. The molecule has 0 aromatic heterocycles. The SMILES string of the molecule is CCCN(C(=O)C(C)Oc1ccc(F)c(F)c1)C1CCNC1.Cl. The van der Waals surface area contributed by atoms with Gasteiger partial charge in [-0.2, -0.15) is 0 Å². The van der Waals surface area contributed by atoms with E-state index in [9.17, 15) is 13.6 Å². The average molecular weight is 349 g/mol. The third-order valence-corrected chi connectivity index (χ3v) is 3.77. The summed E-state index contributed by atoms with van der Waals surface area (Å²) in [5.74, 6) is -1.89. The molecule has 2 rings (SSSR count). The van der Waals surface area contributed by atoms with Gasteiger partial charge in [0.05, 0.1) is 0 Å². The Balaban J connectivity index is 0.00000264. The largest absolute Gasteiger partial charge is 0.481 e. The topological polar surface area (TPSA) is 41.6 Å². The van der Waals surface area contributed by atoms with Crippen LogP contribution in [0.25, 0.3) is 0 Å². The quantitative estimate of drug-likeness (QED) is 0.859. The Labute approximate surface area is 141 Å². The van der Waals surface area contributed by atoms with Gasteiger partial charge in [0.15, 0.2) is 17.7 Å². The van der Waals surface area contributed by atoms with Crippen LogP contribution in [-0.2, 0) is 4.79 Å². The van der Waals surface area contributed by atoms with Crippen LogP contribution in [0.2, 0.25) is 0 Å². The smallest absolute Gasteiger partial charge is 0.263 e. The average Bonchev–Trinajstić information content (AvgIpc) is 3.02. The molecule has 0 saturated carbocycles. The van der Waals surface area contributed by atoms with Gasteiger partial charge in [0.1, 0.15) is 5.75 Å². The van der Waals surface area contributed by atoms with Gasteiger partial charge in [-0.25, -0.2) is 8.78 Å². The fourth-order valence-electron chi connectivity index (χ4n) is 2.66. The van der Waals surface area contributed by atoms with Crippen molar-refractivity contribution in [1.29, 1.82) is 0 Å². The van der Waals surface area contributed by atoms with Crippen LogP contribution < -0.4 is 10.1 Å². The highest BCUT2D eigenvalue weighted by Crippen LogP contribution is 2.18. The van der Waals surface area contributed by atoms with E-state index in [4.69, 9.17) is 4.74 Å². The Morgan fingerprint density at radius 1 is 1.43 bits per heavy atom. The summed E-state index contributed by atoms with van der Waals surface area (Å²) in [6.45, 7) is 6.00. The van der Waals surface area contributed by atoms with E-state index in [-0.39, 0.29) is 30.1 Å². The van der Waals surface area contributed by atoms with Gasteiger partial charge in [-0.15, -0.1) is 12.4 Å². The van der Waals surface area contributed by atoms with Crippen LogP contribution in [0.3, 0.4) is 0 Å². The first kappa shape index (κ1) is 19.6. The summed E-state index contributed by atoms with van der Waals surface area (Å²) in [5.41, 5.74) is 0. The van der Waals surface area contributed by atoms with Crippen molar-refractivity contribution in [3.63, 3.8) is 0 Å². The number of rotatable bonds is 6. The summed E-state index contributed by atoms with van der Waals surface area (Å²) in [7, 11) is 0. The van der Waals surface area contributed by atoms with Crippen molar-refractivity contribution in [3.8, 4) is 5.75 Å². The Kier molecular flexibility index (Phi) is 7.72. The normalized spacial score (nSPS) is 18.2. The lowest BCUT2D eigenvalue weighted by Gasteiger charge is -2.30. The molecule has 1 saturated heterocycles. The molecule has 1 amide bonds. The molecule has 0 spiro atoms. The standard InChI is InChI=1S/C16H22F2N2O2.ClH/c1-3-8-20(12-6-7-19-10-12)16(21)11(2)22-13-4-5-14(17)15(18)9-13;/h4-5,9,11-12,19H,3,6-8,10H2,1-2H3;1H. The van der Waals surface area contributed by atoms with Crippen molar-refractivity contribution in [2.45, 2.75) is 38.8 Å². The molecular weight excluding hydrogens is 326 g/mol. The monoisotopic (exact) mass is 348 g/mol. The van der Waals surface area contributed by atoms with Crippen LogP contribution >= 0.6 is 12.4 Å². The van der Waals surface area contributed by atoms with Gasteiger partial charge in [-0.1, -0.05) is 6.92 Å². The van der Waals surface area contributed by atoms with Crippen molar-refractivity contribution in [2.24, 2.45) is 0 Å². The first-order valence-corrected chi connectivity index (χ1v) is 7.65. The van der Waals surface area contributed by atoms with Crippen LogP contribution in [0, 0.1) is 11.6 Å². The molecule has 1 aliphatic heterocycles. The summed E-state index contributed by atoms with van der Waals surface area (Å²) in [6.07, 6.45) is 1.04. The number of carbonyl (C=O) groups is 1. The maximum absolute atomic E-state index is 13.2. The van der Waals surface area contributed by atoms with E-state index < -0.39 is 17.7 Å². The molecule has 1 aliphatic rings. The third kappa shape index (κ3) is 5.04. The second kappa shape index (κ2) is 9.03. The Morgan fingerprint density at radius 2 is 2.17 bits per heavy atom. The summed E-state index contributed by atoms with van der Waals surface area (Å²) in [6, 6.07) is 3.44. The first-order chi connectivity index (χ1) is 10.5. The van der Waals surface area contributed by atoms with E-state index in [0.717, 1.165) is 38.1 Å². The van der Waals surface area contributed by atoms with Crippen molar-refractivity contribution in [1.82, 2.24) is 10.2 Å². The van der Waals surface area contributed by atoms with Crippen molar-refractivity contribution >= 4 is 18.3 Å². The Hall–Kier alpha value is -1.40. The summed E-state index contributed by atoms with van der Waals surface area (Å²) < 4.78 is 31.6. The van der Waals surface area contributed by atoms with Gasteiger partial charge in [-0.3, -0.25) is 4.79 Å². The maximum atomic E-state index is 13.2. The van der Waals surface area contributed by atoms with Crippen LogP contribution in [0.4, 0.5) is 8.78 Å². The number of nitrogens with one attached hydrogen (secondary N) is 1. The van der Waals surface area contributed by atoms with E-state index in [1.165, 1.54) is 6.07 Å². The van der Waals surface area contributed by atoms with E-state index >= 15 is 0 Å². The van der Waals surface area contributed by atoms with E-state index in [0.29, 0.717) is 6.54 Å². The molecule has 7 heteroatoms. The number of hydrogen-bond donors (Lipinski definition) is 1. The molecule has 1 fully saturated rings. The number of ether oxygens (including phenoxy) is 1. The van der Waals surface area contributed by atoms with Gasteiger partial charge in [-0.05, 0) is 38.4 Å². The lowest BCUT2D eigenvalue weighted by atomic mass is 10.2. The van der Waals surface area contributed by atoms with Gasteiger partial charge in [0, 0.05) is 25.2 Å². The number of carbonyl (C=O) groups excluding carboxylic acids is 1. The molecule has 4 nitrogen and oxygen atoms in total. The molecule has 2 atom stereocenters. The second-order valence-corrected chi connectivity index (χ2v) is 5.51. The van der Waals surface area contributed by atoms with Crippen LogP contribution in [0.15, 0.2) is 18.2 Å². The van der Waals surface area contributed by atoms with Crippen molar-refractivity contribution in [2.75, 3.05) is 19.6 Å². The number of amides is 1. The minimum atomic E-state index is -0.984. The molecule has 1 aromatic rings. The molecule has 1 N–H and O–H groups in total. The molecule has 23 heavy (non-hydrogen) atoms. The first-order valence-electron chi connectivity index (χ1n) is 7.65. The van der Waals surface area contributed by atoms with Crippen molar-refractivity contribution in [3.05, 3.63) is 29.8 Å². The van der Waals surface area contributed by atoms with Crippen molar-refractivity contribution < 1.29 is 18.3 Å². The predicted molar refractivity (Wildman–Crippen MR) is 87.0 cm³/mol. The highest BCUT2D eigenvalue weighted by molar-refractivity contribution is 5.85. The van der Waals surface area contributed by atoms with Crippen LogP contribution in [-0.4, -0.2) is 42.6 Å². The number of hydrogen-bond acceptors (Lipinski definition) is 3. The molecule has 130 valence electrons. The van der Waals surface area contributed by atoms with Gasteiger partial charge in [0.2, 0.25) is 0 Å². The molecule has 0 bridgehead atoms. The highest BCUT2D eigenvalue weighted by Gasteiger charge is 2.29. The molecule has 0 aliphatic carbocycles. The second-order valence-electron chi connectivity index (χ2n) is 5.51. The number of halogens is 3. The zero-order valence-electron chi connectivity index (χ0n) is 13.4. The number of nitrogens with zero attached hydrogens (tertiary/aromatic N) is 1. The molecule has 1 aromatic carbocycles. The van der Waals surface area contributed by atoms with Gasteiger partial charge >= 0.3 is 0 Å². The molecule has 0 radical (unpaired) electrons. The molecule has 1 heterocycles. The highest BCUT2D eigenvalue weighted by atomic mass is 35.5. The predicted octanol–water partition coefficient (Wildman–Crippen LogP) is 2.75. The van der Waals surface area contributed by atoms with E-state index in [1.807, 2.05) is 11.8 Å². The summed E-state index contributed by atoms with van der Waals surface area (Å²) in [4.78, 5) is 14.4. The molecule has 2 unspecified atom stereocenters. The summed E-state index contributed by atoms with van der Waals surface area (Å²) >= 11 is 0. The molecular formula is C16H23ClF2N2O2. The third-order valence-electron chi connectivity index (χ3n) is 3.77. The fourth-order valence-corrected chi connectivity index (χ4v) is 2.66. The zero-order chi connectivity index (χ0) is 16.1. The van der Waals surface area contributed by atoms with Crippen LogP contribution in [0.1, 0.15) is 26.7 Å². The van der Waals surface area contributed by atoms with Crippen LogP contribution in [0.5, 0.6) is 5.75 Å². The minimum absolute atomic E-state index is 0. The van der Waals surface area contributed by atoms with E-state index in [2.05, 4.69) is 5.32 Å². The van der Waals surface area contributed by atoms with Gasteiger partial charge in [0.25, 0.3) is 5.91 Å².